The average molecular weight is 564 g/mol. The van der Waals surface area contributed by atoms with E-state index < -0.39 is 31.1 Å². The van der Waals surface area contributed by atoms with Gasteiger partial charge in [-0.1, -0.05) is 49.4 Å². The van der Waals surface area contributed by atoms with Crippen molar-refractivity contribution in [1.29, 1.82) is 0 Å². The lowest BCUT2D eigenvalue weighted by molar-refractivity contribution is -0.0501. The number of ether oxygens (including phenoxy) is 2. The molecule has 4 atom stereocenters. The summed E-state index contributed by atoms with van der Waals surface area (Å²) in [6.07, 6.45) is -1.34. The highest BCUT2D eigenvalue weighted by Crippen LogP contribution is 2.36. The summed E-state index contributed by atoms with van der Waals surface area (Å²) >= 11 is 0. The molecule has 4 aromatic rings. The summed E-state index contributed by atoms with van der Waals surface area (Å²) in [7, 11) is 0. The van der Waals surface area contributed by atoms with Crippen LogP contribution in [0.2, 0.25) is 0 Å². The van der Waals surface area contributed by atoms with E-state index in [1.165, 1.54) is 10.9 Å². The van der Waals surface area contributed by atoms with Crippen molar-refractivity contribution >= 4 is 22.9 Å². The highest BCUT2D eigenvalue weighted by atomic mass is 16.6. The number of aliphatic hydroxyl groups is 3. The largest absolute Gasteiger partial charge is 0.493 e. The van der Waals surface area contributed by atoms with Crippen molar-refractivity contribution in [3.8, 4) is 16.9 Å². The molecule has 7 N–H and O–H groups in total. The zero-order chi connectivity index (χ0) is 28.8. The summed E-state index contributed by atoms with van der Waals surface area (Å²) in [5.41, 5.74) is 9.72. The molecular weight excluding hydrogens is 526 g/mol. The van der Waals surface area contributed by atoms with Crippen LogP contribution in [0, 0.1) is 0 Å². The number of nitrogens with one attached hydrogen (secondary N) is 2. The summed E-state index contributed by atoms with van der Waals surface area (Å²) in [6, 6.07) is 16.1. The van der Waals surface area contributed by atoms with Crippen LogP contribution in [0.5, 0.6) is 5.75 Å². The molecule has 0 radical (unpaired) electrons. The number of aromatic nitrogens is 4. The molecule has 0 aliphatic carbocycles. The molecule has 2 aromatic heterocycles. The first-order chi connectivity index (χ1) is 20.0. The molecule has 0 amide bonds. The number of anilines is 2. The van der Waals surface area contributed by atoms with E-state index in [0.29, 0.717) is 30.3 Å². The number of imidazole rings is 1. The molecule has 2 aromatic carbocycles. The highest BCUT2D eigenvalue weighted by Gasteiger charge is 2.45. The molecule has 1 aliphatic rings. The summed E-state index contributed by atoms with van der Waals surface area (Å²) in [5.74, 6) is 1.26. The molecule has 0 saturated carbocycles. The lowest BCUT2D eigenvalue weighted by atomic mass is 10.0. The Kier molecular flexibility index (Phi) is 9.27. The van der Waals surface area contributed by atoms with Crippen molar-refractivity contribution in [1.82, 2.24) is 24.8 Å². The number of benzene rings is 2. The van der Waals surface area contributed by atoms with E-state index in [1.54, 1.807) is 0 Å². The fourth-order valence-corrected chi connectivity index (χ4v) is 4.90. The minimum Gasteiger partial charge on any atom is -0.493 e. The molecule has 1 aliphatic heterocycles. The number of rotatable bonds is 13. The topological polar surface area (TPSA) is 173 Å². The number of nitrogens with zero attached hydrogens (tertiary/aromatic N) is 4. The molecule has 218 valence electrons. The van der Waals surface area contributed by atoms with Crippen LogP contribution < -0.4 is 21.1 Å². The number of hydrogen-bond donors (Lipinski definition) is 6. The molecule has 0 bridgehead atoms. The lowest BCUT2D eigenvalue weighted by Gasteiger charge is -2.20. The number of nitrogen functional groups attached to an aromatic ring is 1. The first-order valence-corrected chi connectivity index (χ1v) is 13.9. The molecule has 12 nitrogen and oxygen atoms in total. The van der Waals surface area contributed by atoms with Crippen LogP contribution in [0.4, 0.5) is 11.8 Å². The van der Waals surface area contributed by atoms with Gasteiger partial charge in [-0.05, 0) is 43.1 Å². The predicted molar refractivity (Wildman–Crippen MR) is 155 cm³/mol. The van der Waals surface area contributed by atoms with Crippen molar-refractivity contribution in [2.24, 2.45) is 0 Å². The van der Waals surface area contributed by atoms with E-state index >= 15 is 0 Å². The quantitative estimate of drug-likeness (QED) is 0.131. The van der Waals surface area contributed by atoms with Crippen LogP contribution >= 0.6 is 0 Å². The summed E-state index contributed by atoms with van der Waals surface area (Å²) < 4.78 is 13.6. The van der Waals surface area contributed by atoms with E-state index in [9.17, 15) is 15.3 Å². The van der Waals surface area contributed by atoms with Gasteiger partial charge in [0, 0.05) is 12.1 Å². The van der Waals surface area contributed by atoms with E-state index in [4.69, 9.17) is 15.2 Å². The van der Waals surface area contributed by atoms with Gasteiger partial charge in [-0.25, -0.2) is 15.0 Å². The first-order valence-electron chi connectivity index (χ1n) is 13.9. The molecular formula is C29H37N7O5. The maximum Gasteiger partial charge on any atom is 0.207 e. The molecule has 41 heavy (non-hydrogen) atoms. The Hall–Kier alpha value is -3.81. The lowest BCUT2D eigenvalue weighted by Crippen LogP contribution is -2.33. The van der Waals surface area contributed by atoms with Gasteiger partial charge in [-0.2, -0.15) is 0 Å². The van der Waals surface area contributed by atoms with Crippen LogP contribution in [0.25, 0.3) is 22.3 Å². The fraction of sp³-hybridized carbons (Fsp3) is 0.414. The molecule has 12 heteroatoms. The molecule has 0 unspecified atom stereocenters. The highest BCUT2D eigenvalue weighted by molar-refractivity contribution is 5.84. The Morgan fingerprint density at radius 3 is 2.66 bits per heavy atom. The van der Waals surface area contributed by atoms with Crippen LogP contribution in [0.1, 0.15) is 31.6 Å². The normalized spacial score (nSPS) is 20.5. The third-order valence-electron chi connectivity index (χ3n) is 7.04. The Morgan fingerprint density at radius 1 is 1.07 bits per heavy atom. The maximum absolute atomic E-state index is 10.7. The summed E-state index contributed by atoms with van der Waals surface area (Å²) in [6.45, 7) is 4.50. The van der Waals surface area contributed by atoms with Crippen molar-refractivity contribution in [2.75, 3.05) is 37.4 Å². The van der Waals surface area contributed by atoms with Gasteiger partial charge in [0.15, 0.2) is 23.2 Å². The van der Waals surface area contributed by atoms with E-state index in [-0.39, 0.29) is 5.82 Å². The van der Waals surface area contributed by atoms with E-state index in [1.807, 2.05) is 36.4 Å². The van der Waals surface area contributed by atoms with Gasteiger partial charge < -0.3 is 41.2 Å². The Labute approximate surface area is 238 Å². The summed E-state index contributed by atoms with van der Waals surface area (Å²) in [5, 5.41) is 37.4. The Bertz CT molecular complexity index is 1430. The minimum atomic E-state index is -1.32. The second kappa shape index (κ2) is 13.2. The predicted octanol–water partition coefficient (Wildman–Crippen LogP) is 2.07. The van der Waals surface area contributed by atoms with Gasteiger partial charge in [0.25, 0.3) is 0 Å². The van der Waals surface area contributed by atoms with E-state index in [2.05, 4.69) is 44.6 Å². The third-order valence-corrected chi connectivity index (χ3v) is 7.04. The first kappa shape index (κ1) is 28.7. The molecule has 3 heterocycles. The standard InChI is InChI=1S/C29H37N7O5/c1-2-11-31-12-6-13-40-21-14-18(9-10-20(21)19-7-4-3-5-8-19)15-32-29-35-23-26(30)33-17-34-27(23)36(29)28-25(39)24(38)22(16-37)41-28/h3-5,7-10,14,17,22,24-25,28,31,37-39H,2,6,11-13,15-16H2,1H3,(H,32,35)(H2,30,33,34)/t22-,24-,25-,28-/m1/s1. The average Bonchev–Trinajstić information content (AvgIpc) is 3.51. The van der Waals surface area contributed by atoms with Gasteiger partial charge in [0.1, 0.15) is 30.4 Å². The minimum absolute atomic E-state index is 0.167. The SMILES string of the molecule is CCCNCCCOc1cc(CNc2nc3c(N)ncnc3n2[C@@H]2O[C@H](CO)[C@@H](O)[C@H]2O)ccc1-c1ccccc1. The number of nitrogens with two attached hydrogens (primary N) is 1. The summed E-state index contributed by atoms with van der Waals surface area (Å²) in [4.78, 5) is 12.9. The monoisotopic (exact) mass is 563 g/mol. The zero-order valence-corrected chi connectivity index (χ0v) is 23.0. The number of aliphatic hydroxyl groups excluding tert-OH is 3. The van der Waals surface area contributed by atoms with Gasteiger partial charge in [0.05, 0.1) is 13.2 Å². The second-order valence-corrected chi connectivity index (χ2v) is 9.97. The maximum atomic E-state index is 10.7. The molecule has 0 spiro atoms. The van der Waals surface area contributed by atoms with Gasteiger partial charge in [-0.3, -0.25) is 4.57 Å². The van der Waals surface area contributed by atoms with Crippen LogP contribution in [-0.2, 0) is 11.3 Å². The van der Waals surface area contributed by atoms with Crippen molar-refractivity contribution in [3.63, 3.8) is 0 Å². The molecule has 1 saturated heterocycles. The van der Waals surface area contributed by atoms with Gasteiger partial charge in [-0.15, -0.1) is 0 Å². The van der Waals surface area contributed by atoms with Crippen LogP contribution in [-0.4, -0.2) is 79.5 Å². The van der Waals surface area contributed by atoms with Gasteiger partial charge in [0.2, 0.25) is 5.95 Å². The van der Waals surface area contributed by atoms with Crippen LogP contribution in [0.3, 0.4) is 0 Å². The van der Waals surface area contributed by atoms with E-state index in [0.717, 1.165) is 48.4 Å². The van der Waals surface area contributed by atoms with Gasteiger partial charge >= 0.3 is 0 Å². The Balaban J connectivity index is 1.40. The number of hydrogen-bond acceptors (Lipinski definition) is 11. The Morgan fingerprint density at radius 2 is 1.90 bits per heavy atom. The number of fused-ring (bicyclic) bond motifs is 1. The zero-order valence-electron chi connectivity index (χ0n) is 23.0. The fourth-order valence-electron chi connectivity index (χ4n) is 4.90. The van der Waals surface area contributed by atoms with Crippen molar-refractivity contribution in [3.05, 3.63) is 60.4 Å². The smallest absolute Gasteiger partial charge is 0.207 e. The van der Waals surface area contributed by atoms with Crippen LogP contribution in [0.15, 0.2) is 54.9 Å². The van der Waals surface area contributed by atoms with Crippen molar-refractivity contribution in [2.45, 2.75) is 50.8 Å². The van der Waals surface area contributed by atoms with Crippen molar-refractivity contribution < 1.29 is 24.8 Å². The third kappa shape index (κ3) is 6.26. The second-order valence-electron chi connectivity index (χ2n) is 9.97. The molecule has 1 fully saturated rings. The molecule has 5 rings (SSSR count).